The number of rotatable bonds is 9. The van der Waals surface area contributed by atoms with Crippen LogP contribution in [0.15, 0.2) is 48.8 Å². The van der Waals surface area contributed by atoms with E-state index in [9.17, 15) is 19.2 Å². The summed E-state index contributed by atoms with van der Waals surface area (Å²) in [7, 11) is -0.627. The van der Waals surface area contributed by atoms with Gasteiger partial charge < -0.3 is 29.6 Å². The van der Waals surface area contributed by atoms with Crippen LogP contribution in [0.25, 0.3) is 5.65 Å². The zero-order valence-corrected chi connectivity index (χ0v) is 24.7. The number of ether oxygens (including phenoxy) is 1. The number of nitrogens with zero attached hydrogens (tertiary/aromatic N) is 6. The van der Waals surface area contributed by atoms with Gasteiger partial charge in [0, 0.05) is 63.0 Å². The quantitative estimate of drug-likeness (QED) is 0.269. The molecule has 0 aliphatic carbocycles. The highest BCUT2D eigenvalue weighted by molar-refractivity contribution is 7.58. The van der Waals surface area contributed by atoms with E-state index in [1.165, 1.54) is 28.3 Å². The molecule has 1 aromatic carbocycles. The lowest BCUT2D eigenvalue weighted by Gasteiger charge is -2.36. The summed E-state index contributed by atoms with van der Waals surface area (Å²) in [6, 6.07) is 2.12. The van der Waals surface area contributed by atoms with Crippen molar-refractivity contribution in [2.24, 2.45) is 0 Å². The van der Waals surface area contributed by atoms with Gasteiger partial charge in [-0.3, -0.25) is 24.3 Å². The Kier molecular flexibility index (Phi) is 9.14. The molecule has 0 radical (unpaired) electrons. The maximum Gasteiger partial charge on any atom is 0.414 e. The van der Waals surface area contributed by atoms with E-state index in [0.717, 1.165) is 17.0 Å². The smallest absolute Gasteiger partial charge is 0.414 e. The number of aromatic nitrogens is 3. The largest absolute Gasteiger partial charge is 0.442 e. The van der Waals surface area contributed by atoms with Gasteiger partial charge >= 0.3 is 6.09 Å². The van der Waals surface area contributed by atoms with E-state index in [2.05, 4.69) is 26.9 Å². The average molecular weight is 628 g/mol. The number of piperazine rings is 1. The Balaban J connectivity index is 1.13. The summed E-state index contributed by atoms with van der Waals surface area (Å²) in [5.41, 5.74) is 0.358. The maximum absolute atomic E-state index is 15.2. The molecule has 3 aromatic rings. The third kappa shape index (κ3) is 7.00. The predicted octanol–water partition coefficient (Wildman–Crippen LogP) is 1.58. The molecule has 0 bridgehead atoms. The van der Waals surface area contributed by atoms with Crippen molar-refractivity contribution in [3.63, 3.8) is 0 Å². The van der Waals surface area contributed by atoms with Gasteiger partial charge in [-0.05, 0) is 0 Å². The van der Waals surface area contributed by atoms with Crippen LogP contribution in [0, 0.1) is 11.6 Å². The van der Waals surface area contributed by atoms with Crippen LogP contribution in [0.4, 0.5) is 25.0 Å². The topological polar surface area (TPSA) is 141 Å². The molecule has 4 amide bonds. The predicted molar refractivity (Wildman–Crippen MR) is 160 cm³/mol. The van der Waals surface area contributed by atoms with Crippen molar-refractivity contribution >= 4 is 54.7 Å². The Morgan fingerprint density at radius 1 is 1.16 bits per heavy atom. The number of carbonyl (C=O) groups excluding carboxylic acids is 4. The van der Waals surface area contributed by atoms with E-state index in [1.54, 1.807) is 22.6 Å². The van der Waals surface area contributed by atoms with Crippen molar-refractivity contribution in [2.75, 3.05) is 62.3 Å². The Labute approximate surface area is 251 Å². The molecule has 4 heterocycles. The highest BCUT2D eigenvalue weighted by Gasteiger charge is 2.34. The minimum absolute atomic E-state index is 0.00254. The number of benzene rings is 1. The van der Waals surface area contributed by atoms with Crippen molar-refractivity contribution in [3.05, 3.63) is 66.1 Å². The summed E-state index contributed by atoms with van der Waals surface area (Å²) < 4.78 is 37.3. The number of nitrogens with one attached hydrogen (secondary N) is 2. The van der Waals surface area contributed by atoms with Crippen LogP contribution in [-0.2, 0) is 14.3 Å². The molecular weight excluding hydrogens is 597 g/mol. The zero-order valence-electron chi connectivity index (χ0n) is 23.8. The molecule has 2 aromatic heterocycles. The molecule has 13 nitrogen and oxygen atoms in total. The first-order chi connectivity index (χ1) is 21.1. The van der Waals surface area contributed by atoms with Gasteiger partial charge in [0.25, 0.3) is 5.91 Å². The van der Waals surface area contributed by atoms with Gasteiger partial charge in [0.2, 0.25) is 11.8 Å². The molecule has 2 saturated heterocycles. The fraction of sp³-hybridized carbons (Fsp3) is 0.321. The van der Waals surface area contributed by atoms with Crippen LogP contribution in [0.2, 0.25) is 0 Å². The Hall–Kier alpha value is -4.91. The average Bonchev–Trinajstić information content (AvgIpc) is 3.61. The van der Waals surface area contributed by atoms with E-state index < -0.39 is 37.3 Å². The fourth-order valence-electron chi connectivity index (χ4n) is 4.81. The lowest BCUT2D eigenvalue weighted by Crippen LogP contribution is -2.51. The summed E-state index contributed by atoms with van der Waals surface area (Å²) in [6.45, 7) is 2.35. The molecule has 44 heavy (non-hydrogen) atoms. The van der Waals surface area contributed by atoms with Crippen molar-refractivity contribution in [1.29, 1.82) is 0 Å². The minimum atomic E-state index is -0.867. The van der Waals surface area contributed by atoms with Crippen molar-refractivity contribution in [1.82, 2.24) is 29.9 Å². The number of cyclic esters (lactones) is 1. The van der Waals surface area contributed by atoms with Crippen molar-refractivity contribution < 1.29 is 32.7 Å². The van der Waals surface area contributed by atoms with E-state index >= 15 is 8.78 Å². The van der Waals surface area contributed by atoms with Crippen molar-refractivity contribution in [2.45, 2.75) is 6.10 Å². The van der Waals surface area contributed by atoms with Gasteiger partial charge in [-0.1, -0.05) is 0 Å². The van der Waals surface area contributed by atoms with Gasteiger partial charge in [-0.25, -0.2) is 18.6 Å². The lowest BCUT2D eigenvalue weighted by atomic mass is 10.2. The molecule has 230 valence electrons. The molecule has 2 N–H and O–H groups in total. The second kappa shape index (κ2) is 13.2. The third-order valence-corrected chi connectivity index (χ3v) is 7.68. The molecule has 16 heteroatoms. The summed E-state index contributed by atoms with van der Waals surface area (Å²) >= 11 is 0. The van der Waals surface area contributed by atoms with Crippen LogP contribution in [0.3, 0.4) is 0 Å². The van der Waals surface area contributed by atoms with Gasteiger partial charge in [0.1, 0.15) is 37.5 Å². The molecular formula is C28H30F2N8O5P+. The fourth-order valence-corrected chi connectivity index (χ4v) is 5.20. The van der Waals surface area contributed by atoms with E-state index in [1.807, 2.05) is 6.66 Å². The number of halogens is 2. The van der Waals surface area contributed by atoms with E-state index in [4.69, 9.17) is 4.74 Å². The number of hydrogen-bond donors (Lipinski definition) is 2. The first-order valence-electron chi connectivity index (χ1n) is 13.6. The number of imidazole rings is 1. The molecule has 2 unspecified atom stereocenters. The molecule has 2 atom stereocenters. The second-order valence-corrected chi connectivity index (χ2v) is 12.0. The number of carbonyl (C=O) groups is 4. The van der Waals surface area contributed by atoms with Crippen molar-refractivity contribution in [3.8, 4) is 0 Å². The van der Waals surface area contributed by atoms with Gasteiger partial charge in [-0.15, -0.1) is 0 Å². The van der Waals surface area contributed by atoms with Gasteiger partial charge in [0.05, 0.1) is 37.8 Å². The summed E-state index contributed by atoms with van der Waals surface area (Å²) in [6.07, 6.45) is 9.95. The highest BCUT2D eigenvalue weighted by Crippen LogP contribution is 2.31. The van der Waals surface area contributed by atoms with Crippen LogP contribution in [-0.4, -0.2) is 108 Å². The Morgan fingerprint density at radius 2 is 1.89 bits per heavy atom. The van der Waals surface area contributed by atoms with Crippen LogP contribution < -0.4 is 20.4 Å². The molecule has 5 rings (SSSR count). The number of fused-ring (bicyclic) bond motifs is 1. The number of amides is 4. The summed E-state index contributed by atoms with van der Waals surface area (Å²) in [5.74, 6) is -1.26. The van der Waals surface area contributed by atoms with Gasteiger partial charge in [0.15, 0.2) is 17.3 Å². The normalized spacial score (nSPS) is 17.2. The van der Waals surface area contributed by atoms with Gasteiger partial charge in [-0.2, -0.15) is 0 Å². The number of anilines is 2. The highest BCUT2D eigenvalue weighted by atomic mass is 31.1. The third-order valence-electron chi connectivity index (χ3n) is 7.02. The monoisotopic (exact) mass is 627 g/mol. The summed E-state index contributed by atoms with van der Waals surface area (Å²) in [4.78, 5) is 61.7. The van der Waals surface area contributed by atoms with Crippen LogP contribution in [0.5, 0.6) is 0 Å². The number of hydrogen-bond acceptors (Lipinski definition) is 8. The maximum atomic E-state index is 15.2. The van der Waals surface area contributed by atoms with Crippen LogP contribution >= 0.6 is 7.55 Å². The summed E-state index contributed by atoms with van der Waals surface area (Å²) in [5, 5.41) is 5.18. The molecule has 0 saturated carbocycles. The van der Waals surface area contributed by atoms with E-state index in [-0.39, 0.29) is 74.7 Å². The first-order valence-corrected chi connectivity index (χ1v) is 15.7. The standard InChI is InChI=1S/C28H29F2N8O5P/c1-44(2)10-3-24(39)32-13-19-16-38(28(42)43-19)18-11-20(29)26(21(30)12-18)36-8-6-35(7-9-36)25(40)15-33-27(41)22-17-37-5-4-31-14-23(37)34-22/h3-5,10-12,14,17,19H,1,6-9,13,15-16H2,2H3,(H-,32,33,39,41)/p+1. The lowest BCUT2D eigenvalue weighted by molar-refractivity contribution is -0.130. The minimum Gasteiger partial charge on any atom is -0.442 e. The first kappa shape index (κ1) is 30.5. The molecule has 2 aliphatic heterocycles. The molecule has 2 aliphatic rings. The Morgan fingerprint density at radius 3 is 2.57 bits per heavy atom. The molecule has 0 spiro atoms. The zero-order chi connectivity index (χ0) is 31.4. The second-order valence-electron chi connectivity index (χ2n) is 10.2. The van der Waals surface area contributed by atoms with E-state index in [0.29, 0.717) is 5.65 Å². The van der Waals surface area contributed by atoms with Crippen LogP contribution in [0.1, 0.15) is 10.5 Å². The molecule has 2 fully saturated rings. The Bertz CT molecular complexity index is 1600. The SMILES string of the molecule is C=[P+](C)C=CC(=O)NCC1CN(c2cc(F)c(N3CCN(C(=O)CNC(=O)c4cn5ccncc5n4)CC3)c(F)c2)C(=O)O1.